The molecule has 2 unspecified atom stereocenters. The summed E-state index contributed by atoms with van der Waals surface area (Å²) < 4.78 is 5.30. The fourth-order valence-corrected chi connectivity index (χ4v) is 4.19. The molecule has 0 saturated heterocycles. The number of aryl methyl sites for hydroxylation is 2. The maximum Gasteiger partial charge on any atom is 0.408 e. The molecule has 1 fully saturated rings. The van der Waals surface area contributed by atoms with Crippen LogP contribution in [0.1, 0.15) is 82.5 Å². The van der Waals surface area contributed by atoms with Crippen LogP contribution < -0.4 is 10.6 Å². The van der Waals surface area contributed by atoms with Crippen LogP contribution in [0.4, 0.5) is 4.79 Å². The summed E-state index contributed by atoms with van der Waals surface area (Å²) in [5.41, 5.74) is 2.20. The zero-order valence-corrected chi connectivity index (χ0v) is 21.6. The van der Waals surface area contributed by atoms with Crippen molar-refractivity contribution in [2.75, 3.05) is 6.54 Å². The van der Waals surface area contributed by atoms with Crippen LogP contribution in [0.3, 0.4) is 0 Å². The molecule has 0 heterocycles. The quantitative estimate of drug-likeness (QED) is 0.537. The van der Waals surface area contributed by atoms with Gasteiger partial charge in [-0.1, -0.05) is 43.5 Å². The lowest BCUT2D eigenvalue weighted by atomic mass is 9.94. The molecule has 0 aromatic heterocycles. The number of rotatable bonds is 8. The Labute approximate surface area is 204 Å². The van der Waals surface area contributed by atoms with Gasteiger partial charge in [0, 0.05) is 12.6 Å². The molecule has 2 rings (SSSR count). The van der Waals surface area contributed by atoms with E-state index in [0.29, 0.717) is 0 Å². The molecule has 1 saturated carbocycles. The van der Waals surface area contributed by atoms with Crippen LogP contribution >= 0.6 is 0 Å². The third-order valence-corrected chi connectivity index (χ3v) is 6.07. The molecule has 34 heavy (non-hydrogen) atoms. The highest BCUT2D eigenvalue weighted by atomic mass is 16.6. The molecular formula is C27H41N3O4. The largest absolute Gasteiger partial charge is 0.444 e. The SMILES string of the molecule is C=CCN(C(=O)C(C)NC(=O)OC(C)(C)C)C(C(=O)NC1CCCCC1)c1ccc(C)c(C)c1. The second-order valence-corrected chi connectivity index (χ2v) is 10.2. The van der Waals surface area contributed by atoms with Gasteiger partial charge in [-0.05, 0) is 71.1 Å². The topological polar surface area (TPSA) is 87.7 Å². The van der Waals surface area contributed by atoms with E-state index in [4.69, 9.17) is 4.74 Å². The van der Waals surface area contributed by atoms with Gasteiger partial charge in [0.1, 0.15) is 17.7 Å². The van der Waals surface area contributed by atoms with Gasteiger partial charge in [-0.2, -0.15) is 0 Å². The third kappa shape index (κ3) is 7.89. The van der Waals surface area contributed by atoms with Gasteiger partial charge in [0.05, 0.1) is 0 Å². The third-order valence-electron chi connectivity index (χ3n) is 6.07. The van der Waals surface area contributed by atoms with Crippen molar-refractivity contribution in [3.05, 3.63) is 47.5 Å². The molecule has 1 aromatic rings. The van der Waals surface area contributed by atoms with E-state index in [1.807, 2.05) is 32.0 Å². The van der Waals surface area contributed by atoms with E-state index in [2.05, 4.69) is 17.2 Å². The monoisotopic (exact) mass is 471 g/mol. The Hall–Kier alpha value is -2.83. The molecule has 0 bridgehead atoms. The molecule has 0 aliphatic heterocycles. The highest BCUT2D eigenvalue weighted by Gasteiger charge is 2.35. The molecule has 2 N–H and O–H groups in total. The van der Waals surface area contributed by atoms with E-state index >= 15 is 0 Å². The number of carbonyl (C=O) groups excluding carboxylic acids is 3. The standard InChI is InChI=1S/C27H41N3O4/c1-8-16-30(25(32)20(4)28-26(33)34-27(5,6)7)23(21-15-14-18(2)19(3)17-21)24(31)29-22-12-10-9-11-13-22/h8,14-15,17,20,22-23H,1,9-13,16H2,2-7H3,(H,28,33)(H,29,31). The molecule has 1 aromatic carbocycles. The summed E-state index contributed by atoms with van der Waals surface area (Å²) in [6, 6.07) is 4.19. The number of benzene rings is 1. The molecule has 1 aliphatic rings. The zero-order valence-electron chi connectivity index (χ0n) is 21.6. The van der Waals surface area contributed by atoms with Gasteiger partial charge in [0.25, 0.3) is 0 Å². The number of nitrogens with zero attached hydrogens (tertiary/aromatic N) is 1. The maximum atomic E-state index is 13.6. The Morgan fingerprint density at radius 3 is 2.35 bits per heavy atom. The fraction of sp³-hybridized carbons (Fsp3) is 0.593. The van der Waals surface area contributed by atoms with Crippen LogP contribution in [-0.2, 0) is 14.3 Å². The second kappa shape index (κ2) is 12.0. The van der Waals surface area contributed by atoms with Crippen molar-refractivity contribution in [2.45, 2.75) is 97.4 Å². The van der Waals surface area contributed by atoms with Crippen molar-refractivity contribution < 1.29 is 19.1 Å². The smallest absolute Gasteiger partial charge is 0.408 e. The van der Waals surface area contributed by atoms with Crippen molar-refractivity contribution in [3.8, 4) is 0 Å². The van der Waals surface area contributed by atoms with Crippen molar-refractivity contribution in [1.82, 2.24) is 15.5 Å². The summed E-state index contributed by atoms with van der Waals surface area (Å²) in [5.74, 6) is -0.595. The molecule has 0 radical (unpaired) electrons. The average molecular weight is 472 g/mol. The van der Waals surface area contributed by atoms with E-state index in [1.165, 1.54) is 11.3 Å². The highest BCUT2D eigenvalue weighted by Crippen LogP contribution is 2.26. The number of nitrogens with one attached hydrogen (secondary N) is 2. The maximum absolute atomic E-state index is 13.6. The molecule has 188 valence electrons. The molecule has 7 heteroatoms. The summed E-state index contributed by atoms with van der Waals surface area (Å²) in [7, 11) is 0. The van der Waals surface area contributed by atoms with Crippen LogP contribution in [0.2, 0.25) is 0 Å². The molecule has 3 amide bonds. The number of amides is 3. The van der Waals surface area contributed by atoms with Crippen LogP contribution in [0.5, 0.6) is 0 Å². The van der Waals surface area contributed by atoms with Crippen molar-refractivity contribution in [1.29, 1.82) is 0 Å². The number of carbonyl (C=O) groups is 3. The Morgan fingerprint density at radius 1 is 1.15 bits per heavy atom. The van der Waals surface area contributed by atoms with E-state index in [0.717, 1.165) is 42.4 Å². The van der Waals surface area contributed by atoms with Crippen LogP contribution in [-0.4, -0.2) is 47.0 Å². The Balaban J connectivity index is 2.35. The van der Waals surface area contributed by atoms with E-state index < -0.39 is 23.8 Å². The minimum absolute atomic E-state index is 0.105. The van der Waals surface area contributed by atoms with E-state index in [9.17, 15) is 14.4 Å². The highest BCUT2D eigenvalue weighted by molar-refractivity contribution is 5.92. The Kier molecular flexibility index (Phi) is 9.71. The average Bonchev–Trinajstić information content (AvgIpc) is 2.74. The summed E-state index contributed by atoms with van der Waals surface area (Å²) >= 11 is 0. The number of ether oxygens (including phenoxy) is 1. The summed E-state index contributed by atoms with van der Waals surface area (Å²) in [5, 5.41) is 5.78. The predicted octanol–water partition coefficient (Wildman–Crippen LogP) is 4.72. The van der Waals surface area contributed by atoms with Crippen LogP contribution in [0.15, 0.2) is 30.9 Å². The first-order valence-corrected chi connectivity index (χ1v) is 12.2. The Morgan fingerprint density at radius 2 is 1.79 bits per heavy atom. The van der Waals surface area contributed by atoms with Gasteiger partial charge in [-0.3, -0.25) is 9.59 Å². The minimum atomic E-state index is -0.883. The summed E-state index contributed by atoms with van der Waals surface area (Å²) in [4.78, 5) is 40.9. The normalized spacial score (nSPS) is 16.2. The van der Waals surface area contributed by atoms with Gasteiger partial charge >= 0.3 is 6.09 Å². The van der Waals surface area contributed by atoms with Crippen molar-refractivity contribution >= 4 is 17.9 Å². The minimum Gasteiger partial charge on any atom is -0.444 e. The van der Waals surface area contributed by atoms with E-state index in [1.54, 1.807) is 33.8 Å². The van der Waals surface area contributed by atoms with Crippen LogP contribution in [0.25, 0.3) is 0 Å². The van der Waals surface area contributed by atoms with Gasteiger partial charge in [-0.25, -0.2) is 4.79 Å². The first-order chi connectivity index (χ1) is 15.9. The molecular weight excluding hydrogens is 430 g/mol. The first-order valence-electron chi connectivity index (χ1n) is 12.2. The van der Waals surface area contributed by atoms with Crippen molar-refractivity contribution in [3.63, 3.8) is 0 Å². The van der Waals surface area contributed by atoms with Gasteiger partial charge in [0.2, 0.25) is 11.8 Å². The summed E-state index contributed by atoms with van der Waals surface area (Å²) in [6.45, 7) is 14.8. The van der Waals surface area contributed by atoms with Gasteiger partial charge in [0.15, 0.2) is 0 Å². The first kappa shape index (κ1) is 27.4. The molecule has 2 atom stereocenters. The van der Waals surface area contributed by atoms with Gasteiger partial charge < -0.3 is 20.3 Å². The lowest BCUT2D eigenvalue weighted by Crippen LogP contribution is -2.53. The predicted molar refractivity (Wildman–Crippen MR) is 134 cm³/mol. The zero-order chi connectivity index (χ0) is 25.5. The van der Waals surface area contributed by atoms with Crippen molar-refractivity contribution in [2.24, 2.45) is 0 Å². The van der Waals surface area contributed by atoms with Crippen LogP contribution in [0, 0.1) is 13.8 Å². The van der Waals surface area contributed by atoms with E-state index in [-0.39, 0.29) is 24.4 Å². The number of hydrogen-bond acceptors (Lipinski definition) is 4. The molecule has 1 aliphatic carbocycles. The molecule has 7 nitrogen and oxygen atoms in total. The second-order valence-electron chi connectivity index (χ2n) is 10.2. The summed E-state index contributed by atoms with van der Waals surface area (Å²) in [6.07, 6.45) is 6.16. The molecule has 0 spiro atoms. The number of alkyl carbamates (subject to hydrolysis) is 1. The lowest BCUT2D eigenvalue weighted by Gasteiger charge is -2.34. The Bertz CT molecular complexity index is 884. The fourth-order valence-electron chi connectivity index (χ4n) is 4.19. The number of hydrogen-bond donors (Lipinski definition) is 2. The van der Waals surface area contributed by atoms with Gasteiger partial charge in [-0.15, -0.1) is 6.58 Å². The lowest BCUT2D eigenvalue weighted by molar-refractivity contribution is -0.141.